The van der Waals surface area contributed by atoms with Crippen LogP contribution in [0.3, 0.4) is 0 Å². The maximum Gasteiger partial charge on any atom is 0.307 e. The Balaban J connectivity index is 0.00000625. The molecule has 0 spiro atoms. The highest BCUT2D eigenvalue weighted by Crippen LogP contribution is 2.27. The van der Waals surface area contributed by atoms with Crippen molar-refractivity contribution >= 4 is 35.9 Å². The van der Waals surface area contributed by atoms with E-state index in [9.17, 15) is 14.4 Å². The lowest BCUT2D eigenvalue weighted by Gasteiger charge is -2.28. The molecule has 4 N–H and O–H groups in total. The minimum Gasteiger partial charge on any atom is -0.469 e. The number of methoxy groups -OCH3 is 1. The zero-order valence-electron chi connectivity index (χ0n) is 15.5. The number of rotatable bonds is 9. The van der Waals surface area contributed by atoms with Gasteiger partial charge in [-0.15, -0.1) is 12.4 Å². The van der Waals surface area contributed by atoms with Crippen LogP contribution >= 0.6 is 12.4 Å². The van der Waals surface area contributed by atoms with Crippen LogP contribution in [0.15, 0.2) is 24.3 Å². The van der Waals surface area contributed by atoms with E-state index in [4.69, 9.17) is 5.73 Å². The molecule has 0 radical (unpaired) electrons. The van der Waals surface area contributed by atoms with E-state index in [2.05, 4.69) is 15.4 Å². The number of carbonyl (C=O) groups excluding carboxylic acids is 3. The van der Waals surface area contributed by atoms with Gasteiger partial charge in [0, 0.05) is 24.3 Å². The van der Waals surface area contributed by atoms with Gasteiger partial charge in [-0.3, -0.25) is 14.4 Å². The van der Waals surface area contributed by atoms with Crippen molar-refractivity contribution in [2.24, 2.45) is 11.1 Å². The number of nitrogens with two attached hydrogens (primary N) is 1. The molecular weight excluding hydrogens is 358 g/mol. The number of carbonyl (C=O) groups is 3. The Morgan fingerprint density at radius 1 is 1.12 bits per heavy atom. The van der Waals surface area contributed by atoms with Crippen LogP contribution in [0.4, 0.5) is 5.69 Å². The van der Waals surface area contributed by atoms with Crippen LogP contribution < -0.4 is 16.4 Å². The minimum absolute atomic E-state index is 0. The first kappa shape index (κ1) is 23.9. The summed E-state index contributed by atoms with van der Waals surface area (Å²) in [4.78, 5) is 35.5. The first-order valence-electron chi connectivity index (χ1n) is 8.39. The molecule has 0 bridgehead atoms. The first-order chi connectivity index (χ1) is 11.9. The Kier molecular flexibility index (Phi) is 10.6. The molecule has 8 heteroatoms. The molecule has 0 aromatic heterocycles. The van der Waals surface area contributed by atoms with Crippen molar-refractivity contribution in [1.82, 2.24) is 5.32 Å². The SMILES string of the molecule is CCC(CC)(CN)C(=O)Nc1ccc(C(=O)NCCC(=O)OC)cc1.Cl. The smallest absolute Gasteiger partial charge is 0.307 e. The topological polar surface area (TPSA) is 111 Å². The maximum atomic E-state index is 12.5. The van der Waals surface area contributed by atoms with Gasteiger partial charge in [0.15, 0.2) is 0 Å². The summed E-state index contributed by atoms with van der Waals surface area (Å²) < 4.78 is 4.51. The number of benzene rings is 1. The van der Waals surface area contributed by atoms with Crippen LogP contribution in [0.25, 0.3) is 0 Å². The van der Waals surface area contributed by atoms with Gasteiger partial charge in [-0.25, -0.2) is 0 Å². The fourth-order valence-electron chi connectivity index (χ4n) is 2.40. The van der Waals surface area contributed by atoms with Crippen molar-refractivity contribution in [3.05, 3.63) is 29.8 Å². The fraction of sp³-hybridized carbons (Fsp3) is 0.500. The molecule has 0 atom stereocenters. The summed E-state index contributed by atoms with van der Waals surface area (Å²) in [6.45, 7) is 4.37. The minimum atomic E-state index is -0.579. The monoisotopic (exact) mass is 385 g/mol. The summed E-state index contributed by atoms with van der Waals surface area (Å²) >= 11 is 0. The van der Waals surface area contributed by atoms with E-state index in [-0.39, 0.29) is 49.7 Å². The summed E-state index contributed by atoms with van der Waals surface area (Å²) in [6, 6.07) is 6.57. The lowest BCUT2D eigenvalue weighted by atomic mass is 9.81. The average molecular weight is 386 g/mol. The van der Waals surface area contributed by atoms with Crippen LogP contribution in [-0.4, -0.2) is 38.0 Å². The summed E-state index contributed by atoms with van der Waals surface area (Å²) in [7, 11) is 1.30. The molecule has 0 aliphatic rings. The summed E-state index contributed by atoms with van der Waals surface area (Å²) in [6.07, 6.45) is 1.44. The number of nitrogens with one attached hydrogen (secondary N) is 2. The number of halogens is 1. The molecule has 0 aliphatic heterocycles. The number of hydrogen-bond donors (Lipinski definition) is 3. The van der Waals surface area contributed by atoms with Gasteiger partial charge in [0.25, 0.3) is 5.91 Å². The Bertz CT molecular complexity index is 593. The van der Waals surface area contributed by atoms with E-state index in [0.717, 1.165) is 0 Å². The van der Waals surface area contributed by atoms with E-state index in [0.29, 0.717) is 24.1 Å². The van der Waals surface area contributed by atoms with E-state index in [1.165, 1.54) is 7.11 Å². The van der Waals surface area contributed by atoms with Gasteiger partial charge in [0.2, 0.25) is 5.91 Å². The van der Waals surface area contributed by atoms with Crippen LogP contribution in [0.2, 0.25) is 0 Å². The highest BCUT2D eigenvalue weighted by atomic mass is 35.5. The zero-order chi connectivity index (χ0) is 18.9. The summed E-state index contributed by atoms with van der Waals surface area (Å²) in [5, 5.41) is 5.49. The molecule has 0 unspecified atom stereocenters. The molecule has 7 nitrogen and oxygen atoms in total. The lowest BCUT2D eigenvalue weighted by Crippen LogP contribution is -2.41. The molecule has 0 aliphatic carbocycles. The van der Waals surface area contributed by atoms with Gasteiger partial charge in [-0.1, -0.05) is 13.8 Å². The van der Waals surface area contributed by atoms with Crippen molar-refractivity contribution in [3.8, 4) is 0 Å². The van der Waals surface area contributed by atoms with Crippen LogP contribution in [0.1, 0.15) is 43.5 Å². The molecule has 0 saturated heterocycles. The number of hydrogen-bond acceptors (Lipinski definition) is 5. The molecule has 0 fully saturated rings. The summed E-state index contributed by atoms with van der Waals surface area (Å²) in [5.41, 5.74) is 6.25. The maximum absolute atomic E-state index is 12.5. The van der Waals surface area contributed by atoms with E-state index in [1.807, 2.05) is 13.8 Å². The van der Waals surface area contributed by atoms with Gasteiger partial charge in [0.05, 0.1) is 18.9 Å². The fourth-order valence-corrected chi connectivity index (χ4v) is 2.40. The molecule has 1 aromatic rings. The third-order valence-corrected chi connectivity index (χ3v) is 4.47. The number of ether oxygens (including phenoxy) is 1. The largest absolute Gasteiger partial charge is 0.469 e. The Morgan fingerprint density at radius 2 is 1.69 bits per heavy atom. The van der Waals surface area contributed by atoms with Crippen molar-refractivity contribution in [1.29, 1.82) is 0 Å². The lowest BCUT2D eigenvalue weighted by molar-refractivity contribution is -0.140. The van der Waals surface area contributed by atoms with Crippen LogP contribution in [0, 0.1) is 5.41 Å². The van der Waals surface area contributed by atoms with Crippen molar-refractivity contribution in [2.45, 2.75) is 33.1 Å². The molecule has 146 valence electrons. The Morgan fingerprint density at radius 3 is 2.15 bits per heavy atom. The normalized spacial score (nSPS) is 10.5. The zero-order valence-corrected chi connectivity index (χ0v) is 16.3. The predicted molar refractivity (Wildman–Crippen MR) is 103 cm³/mol. The van der Waals surface area contributed by atoms with Gasteiger partial charge >= 0.3 is 5.97 Å². The van der Waals surface area contributed by atoms with Crippen LogP contribution in [-0.2, 0) is 14.3 Å². The number of anilines is 1. The van der Waals surface area contributed by atoms with Gasteiger partial charge in [-0.2, -0.15) is 0 Å². The van der Waals surface area contributed by atoms with Gasteiger partial charge in [-0.05, 0) is 37.1 Å². The van der Waals surface area contributed by atoms with Gasteiger partial charge < -0.3 is 21.1 Å². The standard InChI is InChI=1S/C18H27N3O4.ClH/c1-4-18(5-2,12-19)17(24)21-14-8-6-13(7-9-14)16(23)20-11-10-15(22)25-3;/h6-9H,4-5,10-12,19H2,1-3H3,(H,20,23)(H,21,24);1H. The second kappa shape index (κ2) is 11.5. The Labute approximate surface area is 160 Å². The second-order valence-electron chi connectivity index (χ2n) is 5.81. The third kappa shape index (κ3) is 6.31. The first-order valence-corrected chi connectivity index (χ1v) is 8.39. The van der Waals surface area contributed by atoms with E-state index in [1.54, 1.807) is 24.3 Å². The average Bonchev–Trinajstić information content (AvgIpc) is 2.64. The molecule has 1 aromatic carbocycles. The van der Waals surface area contributed by atoms with Crippen molar-refractivity contribution in [2.75, 3.05) is 25.5 Å². The number of esters is 1. The molecule has 26 heavy (non-hydrogen) atoms. The quantitative estimate of drug-likeness (QED) is 0.564. The summed E-state index contributed by atoms with van der Waals surface area (Å²) in [5.74, 6) is -0.788. The third-order valence-electron chi connectivity index (χ3n) is 4.47. The van der Waals surface area contributed by atoms with Crippen LogP contribution in [0.5, 0.6) is 0 Å². The highest BCUT2D eigenvalue weighted by molar-refractivity contribution is 5.97. The van der Waals surface area contributed by atoms with E-state index >= 15 is 0 Å². The molecule has 2 amide bonds. The van der Waals surface area contributed by atoms with Crippen molar-refractivity contribution < 1.29 is 19.1 Å². The van der Waals surface area contributed by atoms with Gasteiger partial charge in [0.1, 0.15) is 0 Å². The molecular formula is C18H28ClN3O4. The second-order valence-corrected chi connectivity index (χ2v) is 5.81. The molecule has 0 heterocycles. The number of amides is 2. The molecule has 1 rings (SSSR count). The highest BCUT2D eigenvalue weighted by Gasteiger charge is 2.33. The molecule has 0 saturated carbocycles. The predicted octanol–water partition coefficient (Wildman–Crippen LogP) is 2.10. The Hall–Kier alpha value is -2.12. The van der Waals surface area contributed by atoms with Crippen molar-refractivity contribution in [3.63, 3.8) is 0 Å². The van der Waals surface area contributed by atoms with E-state index < -0.39 is 5.41 Å².